The van der Waals surface area contributed by atoms with E-state index in [0.717, 1.165) is 13.1 Å². The van der Waals surface area contributed by atoms with Gasteiger partial charge in [-0.1, -0.05) is 28.1 Å². The second-order valence-corrected chi connectivity index (χ2v) is 11.5. The number of halogens is 1. The van der Waals surface area contributed by atoms with E-state index in [4.69, 9.17) is 0 Å². The van der Waals surface area contributed by atoms with E-state index in [1.165, 1.54) is 45.4 Å². The molecule has 29 heavy (non-hydrogen) atoms. The molecule has 0 aliphatic rings. The van der Waals surface area contributed by atoms with Gasteiger partial charge in [0.1, 0.15) is 0 Å². The Morgan fingerprint density at radius 2 is 1.34 bits per heavy atom. The van der Waals surface area contributed by atoms with Gasteiger partial charge in [-0.25, -0.2) is 21.1 Å². The molecule has 8 nitrogen and oxygen atoms in total. The van der Waals surface area contributed by atoms with Gasteiger partial charge in [0, 0.05) is 32.2 Å². The Hall–Kier alpha value is -1.79. The summed E-state index contributed by atoms with van der Waals surface area (Å²) in [5, 5.41) is 2.63. The molecule has 0 saturated carbocycles. The van der Waals surface area contributed by atoms with E-state index in [9.17, 15) is 21.6 Å². The Kier molecular flexibility index (Phi) is 7.57. The highest BCUT2D eigenvalue weighted by Crippen LogP contribution is 2.18. The number of nitrogens with zero attached hydrogens (tertiary/aromatic N) is 2. The first kappa shape index (κ1) is 23.5. The third-order valence-corrected chi connectivity index (χ3v) is 8.26. The fourth-order valence-corrected chi connectivity index (χ4v) is 4.61. The molecule has 2 rings (SSSR count). The van der Waals surface area contributed by atoms with Crippen LogP contribution in [0.5, 0.6) is 0 Å². The number of likely N-dealkylation sites (N-methyl/N-ethyl adjacent to an activating group) is 1. The Morgan fingerprint density at radius 3 is 1.86 bits per heavy atom. The maximum Gasteiger partial charge on any atom is 0.243 e. The van der Waals surface area contributed by atoms with Crippen LogP contribution in [-0.4, -0.2) is 59.0 Å². The summed E-state index contributed by atoms with van der Waals surface area (Å²) in [6.07, 6.45) is 0. The van der Waals surface area contributed by atoms with E-state index in [1.54, 1.807) is 24.3 Å². The predicted molar refractivity (Wildman–Crippen MR) is 113 cm³/mol. The SMILES string of the molecule is CN(C)S(=O)(=O)c1ccc(CNC(=O)CN(C)S(=O)(=O)c2ccc(Br)cc2)cc1. The average Bonchev–Trinajstić information content (AvgIpc) is 2.66. The molecule has 0 bridgehead atoms. The number of carbonyl (C=O) groups is 1. The van der Waals surface area contributed by atoms with Crippen LogP contribution < -0.4 is 5.32 Å². The molecule has 0 aliphatic carbocycles. The molecular formula is C18H22BrN3O5S2. The smallest absolute Gasteiger partial charge is 0.243 e. The van der Waals surface area contributed by atoms with E-state index in [2.05, 4.69) is 21.2 Å². The molecular weight excluding hydrogens is 482 g/mol. The summed E-state index contributed by atoms with van der Waals surface area (Å²) in [5.74, 6) is -0.474. The Labute approximate surface area is 179 Å². The minimum Gasteiger partial charge on any atom is -0.351 e. The second-order valence-electron chi connectivity index (χ2n) is 6.42. The maximum absolute atomic E-state index is 12.5. The van der Waals surface area contributed by atoms with Gasteiger partial charge >= 0.3 is 0 Å². The lowest BCUT2D eigenvalue weighted by molar-refractivity contribution is -0.121. The summed E-state index contributed by atoms with van der Waals surface area (Å²) in [7, 11) is -3.08. The van der Waals surface area contributed by atoms with Crippen LogP contribution in [0.1, 0.15) is 5.56 Å². The van der Waals surface area contributed by atoms with Gasteiger partial charge < -0.3 is 5.32 Å². The standard InChI is InChI=1S/C18H22BrN3O5S2/c1-21(2)28(24,25)16-8-4-14(5-9-16)12-20-18(23)13-22(3)29(26,27)17-10-6-15(19)7-11-17/h4-11H,12-13H2,1-3H3,(H,20,23). The highest BCUT2D eigenvalue weighted by molar-refractivity contribution is 9.10. The van der Waals surface area contributed by atoms with Gasteiger partial charge in [0.15, 0.2) is 0 Å². The largest absolute Gasteiger partial charge is 0.351 e. The van der Waals surface area contributed by atoms with Gasteiger partial charge in [0.2, 0.25) is 26.0 Å². The summed E-state index contributed by atoms with van der Waals surface area (Å²) in [6.45, 7) is -0.196. The van der Waals surface area contributed by atoms with Crippen LogP contribution in [0.4, 0.5) is 0 Å². The van der Waals surface area contributed by atoms with Crippen molar-refractivity contribution in [2.24, 2.45) is 0 Å². The third-order valence-electron chi connectivity index (χ3n) is 4.08. The van der Waals surface area contributed by atoms with Crippen molar-refractivity contribution in [3.8, 4) is 0 Å². The van der Waals surface area contributed by atoms with Gasteiger partial charge in [0.05, 0.1) is 16.3 Å². The molecule has 0 unspecified atom stereocenters. The van der Waals surface area contributed by atoms with Crippen LogP contribution >= 0.6 is 15.9 Å². The first-order valence-corrected chi connectivity index (χ1v) is 12.1. The van der Waals surface area contributed by atoms with E-state index >= 15 is 0 Å². The molecule has 158 valence electrons. The molecule has 2 aromatic rings. The van der Waals surface area contributed by atoms with Crippen molar-refractivity contribution in [2.75, 3.05) is 27.7 Å². The molecule has 0 aromatic heterocycles. The zero-order valence-electron chi connectivity index (χ0n) is 16.2. The van der Waals surface area contributed by atoms with Crippen molar-refractivity contribution in [3.05, 3.63) is 58.6 Å². The predicted octanol–water partition coefficient (Wildman–Crippen LogP) is 1.64. The summed E-state index contributed by atoms with van der Waals surface area (Å²) in [5.41, 5.74) is 0.689. The molecule has 1 N–H and O–H groups in total. The molecule has 2 aromatic carbocycles. The number of hydrogen-bond acceptors (Lipinski definition) is 5. The lowest BCUT2D eigenvalue weighted by atomic mass is 10.2. The molecule has 0 saturated heterocycles. The zero-order valence-corrected chi connectivity index (χ0v) is 19.4. The van der Waals surface area contributed by atoms with Crippen molar-refractivity contribution >= 4 is 41.9 Å². The second kappa shape index (κ2) is 9.35. The highest BCUT2D eigenvalue weighted by Gasteiger charge is 2.23. The fraction of sp³-hybridized carbons (Fsp3) is 0.278. The summed E-state index contributed by atoms with van der Waals surface area (Å²) in [4.78, 5) is 12.4. The Bertz CT molecular complexity index is 1070. The molecule has 0 atom stereocenters. The Morgan fingerprint density at radius 1 is 0.862 bits per heavy atom. The molecule has 0 spiro atoms. The maximum atomic E-state index is 12.5. The van der Waals surface area contributed by atoms with Crippen LogP contribution in [0.2, 0.25) is 0 Å². The van der Waals surface area contributed by atoms with Crippen molar-refractivity contribution < 1.29 is 21.6 Å². The molecule has 0 radical (unpaired) electrons. The molecule has 0 heterocycles. The van der Waals surface area contributed by atoms with Gasteiger partial charge in [0.25, 0.3) is 0 Å². The summed E-state index contributed by atoms with van der Waals surface area (Å²) < 4.78 is 52.0. The van der Waals surface area contributed by atoms with Gasteiger partial charge in [-0.3, -0.25) is 4.79 Å². The van der Waals surface area contributed by atoms with Crippen molar-refractivity contribution in [1.82, 2.24) is 13.9 Å². The zero-order chi connectivity index (χ0) is 21.8. The fourth-order valence-electron chi connectivity index (χ4n) is 2.32. The quantitative estimate of drug-likeness (QED) is 0.589. The number of amides is 1. The van der Waals surface area contributed by atoms with Gasteiger partial charge in [-0.05, 0) is 42.0 Å². The minimum absolute atomic E-state index is 0.0914. The van der Waals surface area contributed by atoms with Crippen LogP contribution in [0.15, 0.2) is 62.8 Å². The first-order valence-electron chi connectivity index (χ1n) is 8.44. The summed E-state index contributed by atoms with van der Waals surface area (Å²) in [6, 6.07) is 12.2. The van der Waals surface area contributed by atoms with E-state index in [0.29, 0.717) is 5.56 Å². The number of hydrogen-bond donors (Lipinski definition) is 1. The van der Waals surface area contributed by atoms with Crippen LogP contribution in [-0.2, 0) is 31.4 Å². The average molecular weight is 504 g/mol. The van der Waals surface area contributed by atoms with Crippen molar-refractivity contribution in [2.45, 2.75) is 16.3 Å². The normalized spacial score (nSPS) is 12.3. The number of carbonyl (C=O) groups excluding carboxylic acids is 1. The van der Waals surface area contributed by atoms with Crippen LogP contribution in [0.25, 0.3) is 0 Å². The molecule has 0 fully saturated rings. The van der Waals surface area contributed by atoms with Crippen LogP contribution in [0.3, 0.4) is 0 Å². The van der Waals surface area contributed by atoms with Gasteiger partial charge in [-0.15, -0.1) is 0 Å². The first-order chi connectivity index (χ1) is 13.4. The molecule has 11 heteroatoms. The lowest BCUT2D eigenvalue weighted by Crippen LogP contribution is -2.38. The van der Waals surface area contributed by atoms with E-state index in [1.807, 2.05) is 0 Å². The van der Waals surface area contributed by atoms with Crippen LogP contribution in [0, 0.1) is 0 Å². The third kappa shape index (κ3) is 5.86. The van der Waals surface area contributed by atoms with E-state index < -0.39 is 26.0 Å². The summed E-state index contributed by atoms with van der Waals surface area (Å²) >= 11 is 3.25. The molecule has 1 amide bonds. The minimum atomic E-state index is -3.78. The number of nitrogens with one attached hydrogen (secondary N) is 1. The van der Waals surface area contributed by atoms with Crippen molar-refractivity contribution in [1.29, 1.82) is 0 Å². The number of rotatable bonds is 8. The monoisotopic (exact) mass is 503 g/mol. The lowest BCUT2D eigenvalue weighted by Gasteiger charge is -2.17. The highest BCUT2D eigenvalue weighted by atomic mass is 79.9. The Balaban J connectivity index is 1.96. The number of sulfonamides is 2. The molecule has 0 aliphatic heterocycles. The van der Waals surface area contributed by atoms with Gasteiger partial charge in [-0.2, -0.15) is 4.31 Å². The topological polar surface area (TPSA) is 104 Å². The number of benzene rings is 2. The van der Waals surface area contributed by atoms with Crippen molar-refractivity contribution in [3.63, 3.8) is 0 Å². The van der Waals surface area contributed by atoms with E-state index in [-0.39, 0.29) is 22.9 Å².